The molecule has 3 fully saturated rings. The Morgan fingerprint density at radius 1 is 1.09 bits per heavy atom. The summed E-state index contributed by atoms with van der Waals surface area (Å²) in [5.41, 5.74) is 0.563. The maximum atomic E-state index is 13.3. The van der Waals surface area contributed by atoms with Crippen molar-refractivity contribution in [1.29, 1.82) is 0 Å². The van der Waals surface area contributed by atoms with Gasteiger partial charge in [0, 0.05) is 25.3 Å². The maximum Gasteiger partial charge on any atom is 0.325 e. The van der Waals surface area contributed by atoms with Crippen LogP contribution in [0.5, 0.6) is 0 Å². The number of nitrogens with one attached hydrogen (secondary N) is 1. The van der Waals surface area contributed by atoms with Gasteiger partial charge in [0.15, 0.2) is 0 Å². The molecule has 9 nitrogen and oxygen atoms in total. The van der Waals surface area contributed by atoms with Crippen LogP contribution in [0.4, 0.5) is 10.5 Å². The zero-order chi connectivity index (χ0) is 24.1. The first-order valence-electron chi connectivity index (χ1n) is 12.3. The topological polar surface area (TPSA) is 107 Å². The Hall–Kier alpha value is -2.46. The summed E-state index contributed by atoms with van der Waals surface area (Å²) in [5.74, 6) is -0.605. The lowest BCUT2D eigenvalue weighted by molar-refractivity contribution is -0.136. The van der Waals surface area contributed by atoms with Crippen LogP contribution in [0.2, 0.25) is 0 Å². The number of sulfonamides is 1. The Kier molecular flexibility index (Phi) is 5.92. The monoisotopic (exact) mass is 488 g/mol. The zero-order valence-electron chi connectivity index (χ0n) is 19.6. The Morgan fingerprint density at radius 3 is 2.59 bits per heavy atom. The molecule has 4 amide bonds. The van der Waals surface area contributed by atoms with Gasteiger partial charge in [-0.2, -0.15) is 4.31 Å². The number of nitrogens with zero attached hydrogens (tertiary/aromatic N) is 3. The SMILES string of the molecule is CC1CCCCC12NC(=O)N(CC(=O)N1CCCc3cc(S(=O)(=O)N4CCCC4)ccc31)C2=O. The highest BCUT2D eigenvalue weighted by Crippen LogP contribution is 2.38. The van der Waals surface area contributed by atoms with E-state index >= 15 is 0 Å². The lowest BCUT2D eigenvalue weighted by Gasteiger charge is -2.37. The van der Waals surface area contributed by atoms with Crippen molar-refractivity contribution in [2.24, 2.45) is 5.92 Å². The van der Waals surface area contributed by atoms with Crippen molar-refractivity contribution in [1.82, 2.24) is 14.5 Å². The highest BCUT2D eigenvalue weighted by atomic mass is 32.2. The molecule has 2 atom stereocenters. The minimum atomic E-state index is -3.54. The third kappa shape index (κ3) is 3.71. The summed E-state index contributed by atoms with van der Waals surface area (Å²) in [6.45, 7) is 3.21. The molecule has 0 bridgehead atoms. The van der Waals surface area contributed by atoms with Gasteiger partial charge in [0.1, 0.15) is 12.1 Å². The molecule has 2 saturated heterocycles. The molecular weight excluding hydrogens is 456 g/mol. The van der Waals surface area contributed by atoms with E-state index in [2.05, 4.69) is 5.32 Å². The van der Waals surface area contributed by atoms with Crippen LogP contribution in [0.1, 0.15) is 57.4 Å². The number of urea groups is 1. The first-order chi connectivity index (χ1) is 16.2. The molecule has 0 radical (unpaired) electrons. The predicted molar refractivity (Wildman–Crippen MR) is 126 cm³/mol. The fourth-order valence-corrected chi connectivity index (χ4v) is 7.50. The van der Waals surface area contributed by atoms with Crippen molar-refractivity contribution in [3.05, 3.63) is 23.8 Å². The normalized spacial score (nSPS) is 27.9. The number of carbonyl (C=O) groups is 3. The van der Waals surface area contributed by atoms with Gasteiger partial charge in [-0.3, -0.25) is 14.5 Å². The number of hydrogen-bond donors (Lipinski definition) is 1. The van der Waals surface area contributed by atoms with Gasteiger partial charge in [0.25, 0.3) is 5.91 Å². The molecule has 3 aliphatic heterocycles. The van der Waals surface area contributed by atoms with Crippen molar-refractivity contribution < 1.29 is 22.8 Å². The predicted octanol–water partition coefficient (Wildman–Crippen LogP) is 2.25. The van der Waals surface area contributed by atoms with Gasteiger partial charge in [-0.1, -0.05) is 19.8 Å². The molecule has 10 heteroatoms. The third-order valence-electron chi connectivity index (χ3n) is 7.97. The summed E-state index contributed by atoms with van der Waals surface area (Å²) >= 11 is 0. The van der Waals surface area contributed by atoms with Crippen LogP contribution in [0.25, 0.3) is 0 Å². The summed E-state index contributed by atoms with van der Waals surface area (Å²) in [5, 5.41) is 2.89. The Bertz CT molecular complexity index is 1130. The van der Waals surface area contributed by atoms with E-state index < -0.39 is 21.6 Å². The van der Waals surface area contributed by atoms with Crippen LogP contribution >= 0.6 is 0 Å². The van der Waals surface area contributed by atoms with E-state index in [9.17, 15) is 22.8 Å². The average molecular weight is 489 g/mol. The van der Waals surface area contributed by atoms with Gasteiger partial charge in [0.2, 0.25) is 15.9 Å². The third-order valence-corrected chi connectivity index (χ3v) is 9.86. The second-order valence-electron chi connectivity index (χ2n) is 9.99. The quantitative estimate of drug-likeness (QED) is 0.654. The smallest absolute Gasteiger partial charge is 0.323 e. The number of aryl methyl sites for hydroxylation is 1. The molecule has 1 aromatic rings. The van der Waals surface area contributed by atoms with E-state index in [1.54, 1.807) is 23.1 Å². The van der Waals surface area contributed by atoms with Crippen LogP contribution in [-0.2, 0) is 26.0 Å². The largest absolute Gasteiger partial charge is 0.325 e. The van der Waals surface area contributed by atoms with Crippen LogP contribution in [0.3, 0.4) is 0 Å². The van der Waals surface area contributed by atoms with Crippen LogP contribution < -0.4 is 10.2 Å². The van der Waals surface area contributed by atoms with E-state index in [0.717, 1.165) is 42.6 Å². The van der Waals surface area contributed by atoms with E-state index in [1.165, 1.54) is 4.31 Å². The van der Waals surface area contributed by atoms with Crippen LogP contribution in [0.15, 0.2) is 23.1 Å². The molecule has 4 aliphatic rings. The number of hydrogen-bond acceptors (Lipinski definition) is 5. The number of rotatable bonds is 4. The average Bonchev–Trinajstić information content (AvgIpc) is 3.45. The minimum Gasteiger partial charge on any atom is -0.323 e. The fraction of sp³-hybridized carbons (Fsp3) is 0.625. The summed E-state index contributed by atoms with van der Waals surface area (Å²) in [4.78, 5) is 42.1. The highest BCUT2D eigenvalue weighted by molar-refractivity contribution is 7.89. The van der Waals surface area contributed by atoms with Crippen molar-refractivity contribution in [3.63, 3.8) is 0 Å². The molecule has 1 N–H and O–H groups in total. The molecule has 34 heavy (non-hydrogen) atoms. The standard InChI is InChI=1S/C24H32N4O5S/c1-17-7-2-3-11-24(17)22(30)28(23(31)25-24)16-21(29)27-14-6-8-18-15-19(9-10-20(18)27)34(32,33)26-12-4-5-13-26/h9-10,15,17H,2-8,11-14,16H2,1H3,(H,25,31). The highest BCUT2D eigenvalue weighted by Gasteiger charge is 2.55. The molecule has 3 heterocycles. The van der Waals surface area contributed by atoms with E-state index in [1.807, 2.05) is 6.92 Å². The van der Waals surface area contributed by atoms with Gasteiger partial charge in [-0.25, -0.2) is 13.2 Å². The van der Waals surface area contributed by atoms with Crippen molar-refractivity contribution in [2.75, 3.05) is 31.1 Å². The molecule has 184 valence electrons. The summed E-state index contributed by atoms with van der Waals surface area (Å²) < 4.78 is 27.5. The van der Waals surface area contributed by atoms with Gasteiger partial charge in [0.05, 0.1) is 4.90 Å². The Morgan fingerprint density at radius 2 is 1.85 bits per heavy atom. The summed E-state index contributed by atoms with van der Waals surface area (Å²) in [7, 11) is -3.54. The van der Waals surface area contributed by atoms with Gasteiger partial charge >= 0.3 is 6.03 Å². The molecule has 2 unspecified atom stereocenters. The van der Waals surface area contributed by atoms with E-state index in [4.69, 9.17) is 0 Å². The summed E-state index contributed by atoms with van der Waals surface area (Å²) in [6.07, 6.45) is 6.48. The van der Waals surface area contributed by atoms with E-state index in [0.29, 0.717) is 44.6 Å². The molecule has 1 aliphatic carbocycles. The maximum absolute atomic E-state index is 13.3. The second kappa shape index (κ2) is 8.64. The molecule has 1 spiro atoms. The fourth-order valence-electron chi connectivity index (χ4n) is 5.93. The minimum absolute atomic E-state index is 0.0319. The lowest BCUT2D eigenvalue weighted by Crippen LogP contribution is -2.54. The Balaban J connectivity index is 1.35. The van der Waals surface area contributed by atoms with E-state index in [-0.39, 0.29) is 29.2 Å². The molecule has 0 aromatic heterocycles. The summed E-state index contributed by atoms with van der Waals surface area (Å²) in [6, 6.07) is 4.42. The molecule has 5 rings (SSSR count). The van der Waals surface area contributed by atoms with Gasteiger partial charge < -0.3 is 10.2 Å². The molecular formula is C24H32N4O5S. The number of benzene rings is 1. The second-order valence-corrected chi connectivity index (χ2v) is 11.9. The van der Waals surface area contributed by atoms with Gasteiger partial charge in [-0.05, 0) is 68.2 Å². The first-order valence-corrected chi connectivity index (χ1v) is 13.8. The molecule has 1 saturated carbocycles. The van der Waals surface area contributed by atoms with Gasteiger partial charge in [-0.15, -0.1) is 0 Å². The number of amides is 4. The van der Waals surface area contributed by atoms with Crippen molar-refractivity contribution >= 4 is 33.6 Å². The number of imide groups is 1. The zero-order valence-corrected chi connectivity index (χ0v) is 20.4. The van der Waals surface area contributed by atoms with Crippen molar-refractivity contribution in [2.45, 2.75) is 68.7 Å². The lowest BCUT2D eigenvalue weighted by atomic mass is 9.73. The number of anilines is 1. The molecule has 1 aromatic carbocycles. The number of carbonyl (C=O) groups excluding carboxylic acids is 3. The van der Waals surface area contributed by atoms with Crippen LogP contribution in [0, 0.1) is 5.92 Å². The van der Waals surface area contributed by atoms with Crippen LogP contribution in [-0.4, -0.2) is 67.2 Å². The first kappa shape index (κ1) is 23.3. The Labute approximate surface area is 200 Å². The van der Waals surface area contributed by atoms with Crippen molar-refractivity contribution in [3.8, 4) is 0 Å². The number of fused-ring (bicyclic) bond motifs is 1.